The average molecular weight is 215 g/mol. The number of nitrogens with zero attached hydrogens (tertiary/aromatic N) is 3. The number of pyridine rings is 1. The van der Waals surface area contributed by atoms with Crippen LogP contribution in [0.4, 0.5) is 0 Å². The molecule has 2 aromatic rings. The second kappa shape index (κ2) is 4.48. The van der Waals surface area contributed by atoms with Crippen molar-refractivity contribution in [1.29, 1.82) is 0 Å². The van der Waals surface area contributed by atoms with Crippen molar-refractivity contribution in [1.82, 2.24) is 15.0 Å². The molecule has 0 saturated carbocycles. The van der Waals surface area contributed by atoms with Gasteiger partial charge >= 0.3 is 5.97 Å². The molecular formula is C11H9N3O2. The maximum absolute atomic E-state index is 10.7. The fourth-order valence-corrected chi connectivity index (χ4v) is 1.18. The number of ether oxygens (including phenoxy) is 1. The molecular weight excluding hydrogens is 206 g/mol. The average Bonchev–Trinajstić information content (AvgIpc) is 2.30. The minimum atomic E-state index is -0.391. The number of rotatable bonds is 2. The van der Waals surface area contributed by atoms with Crippen LogP contribution in [0.3, 0.4) is 0 Å². The van der Waals surface area contributed by atoms with Gasteiger partial charge in [0.1, 0.15) is 0 Å². The molecule has 0 unspecified atom stereocenters. The Kier molecular flexibility index (Phi) is 2.86. The van der Waals surface area contributed by atoms with Gasteiger partial charge in [-0.15, -0.1) is 0 Å². The quantitative estimate of drug-likeness (QED) is 0.709. The van der Waals surface area contributed by atoms with Gasteiger partial charge in [-0.25, -0.2) is 9.97 Å². The summed E-state index contributed by atoms with van der Waals surface area (Å²) in [4.78, 5) is 22.8. The summed E-state index contributed by atoms with van der Waals surface area (Å²) in [6, 6.07) is 3.66. The van der Waals surface area contributed by atoms with E-state index in [1.54, 1.807) is 18.5 Å². The van der Waals surface area contributed by atoms with Gasteiger partial charge in [0.05, 0.1) is 12.4 Å². The van der Waals surface area contributed by atoms with E-state index in [1.165, 1.54) is 19.3 Å². The number of esters is 1. The Hall–Kier alpha value is -2.30. The van der Waals surface area contributed by atoms with Gasteiger partial charge in [-0.05, 0) is 12.1 Å². The van der Waals surface area contributed by atoms with E-state index < -0.39 is 5.97 Å². The highest BCUT2D eigenvalue weighted by atomic mass is 16.5. The summed E-state index contributed by atoms with van der Waals surface area (Å²) in [7, 11) is 0. The second-order valence-corrected chi connectivity index (χ2v) is 3.08. The van der Waals surface area contributed by atoms with Crippen LogP contribution in [0, 0.1) is 0 Å². The molecule has 0 aromatic carbocycles. The third-order valence-corrected chi connectivity index (χ3v) is 1.81. The molecule has 0 aliphatic carbocycles. The van der Waals surface area contributed by atoms with E-state index in [1.807, 2.05) is 6.07 Å². The van der Waals surface area contributed by atoms with E-state index in [4.69, 9.17) is 4.74 Å². The Morgan fingerprint density at radius 1 is 1.25 bits per heavy atom. The van der Waals surface area contributed by atoms with Gasteiger partial charge in [-0.1, -0.05) is 0 Å². The first-order chi connectivity index (χ1) is 7.75. The highest BCUT2D eigenvalue weighted by Gasteiger charge is 2.02. The zero-order chi connectivity index (χ0) is 11.4. The van der Waals surface area contributed by atoms with Crippen LogP contribution >= 0.6 is 0 Å². The van der Waals surface area contributed by atoms with Crippen molar-refractivity contribution in [2.75, 3.05) is 0 Å². The van der Waals surface area contributed by atoms with E-state index in [0.29, 0.717) is 11.6 Å². The normalized spacial score (nSPS) is 9.81. The number of hydrogen-bond donors (Lipinski definition) is 0. The van der Waals surface area contributed by atoms with Crippen LogP contribution in [-0.2, 0) is 4.79 Å². The molecule has 5 nitrogen and oxygen atoms in total. The number of hydrogen-bond acceptors (Lipinski definition) is 5. The number of aromatic nitrogens is 3. The van der Waals surface area contributed by atoms with E-state index in [2.05, 4.69) is 15.0 Å². The number of carbonyl (C=O) groups excluding carboxylic acids is 1. The van der Waals surface area contributed by atoms with E-state index in [0.717, 1.165) is 5.56 Å². The highest BCUT2D eigenvalue weighted by molar-refractivity contribution is 5.69. The summed E-state index contributed by atoms with van der Waals surface area (Å²) in [6.07, 6.45) is 6.25. The molecule has 0 spiro atoms. The Bertz CT molecular complexity index is 482. The predicted octanol–water partition coefficient (Wildman–Crippen LogP) is 1.46. The van der Waals surface area contributed by atoms with Crippen LogP contribution in [0.2, 0.25) is 0 Å². The molecule has 5 heteroatoms. The lowest BCUT2D eigenvalue weighted by Crippen LogP contribution is -2.02. The monoisotopic (exact) mass is 215 g/mol. The van der Waals surface area contributed by atoms with Crippen LogP contribution in [0.25, 0.3) is 11.4 Å². The van der Waals surface area contributed by atoms with Crippen LogP contribution < -0.4 is 4.74 Å². The fraction of sp³-hybridized carbons (Fsp3) is 0.0909. The molecule has 0 aliphatic heterocycles. The molecule has 0 bridgehead atoms. The lowest BCUT2D eigenvalue weighted by molar-refractivity contribution is -0.131. The lowest BCUT2D eigenvalue weighted by Gasteiger charge is -2.01. The highest BCUT2D eigenvalue weighted by Crippen LogP contribution is 2.14. The molecule has 0 amide bonds. The third-order valence-electron chi connectivity index (χ3n) is 1.81. The molecule has 0 N–H and O–H groups in total. The largest absolute Gasteiger partial charge is 0.423 e. The Morgan fingerprint density at radius 2 is 2.00 bits per heavy atom. The van der Waals surface area contributed by atoms with Crippen molar-refractivity contribution >= 4 is 5.97 Å². The SMILES string of the molecule is CC(=O)Oc1cnc(-c2cccnc2)nc1. The van der Waals surface area contributed by atoms with Gasteiger partial charge in [-0.3, -0.25) is 9.78 Å². The second-order valence-electron chi connectivity index (χ2n) is 3.08. The molecule has 0 aliphatic rings. The van der Waals surface area contributed by atoms with Crippen molar-refractivity contribution < 1.29 is 9.53 Å². The van der Waals surface area contributed by atoms with Crippen LogP contribution in [0.5, 0.6) is 5.75 Å². The summed E-state index contributed by atoms with van der Waals surface area (Å²) < 4.78 is 4.83. The maximum Gasteiger partial charge on any atom is 0.308 e. The van der Waals surface area contributed by atoms with Crippen molar-refractivity contribution in [2.24, 2.45) is 0 Å². The van der Waals surface area contributed by atoms with Gasteiger partial charge in [0.15, 0.2) is 11.6 Å². The number of carbonyl (C=O) groups is 1. The molecule has 0 atom stereocenters. The topological polar surface area (TPSA) is 65.0 Å². The smallest absolute Gasteiger partial charge is 0.308 e. The summed E-state index contributed by atoms with van der Waals surface area (Å²) >= 11 is 0. The first-order valence-electron chi connectivity index (χ1n) is 4.66. The maximum atomic E-state index is 10.7. The zero-order valence-corrected chi connectivity index (χ0v) is 8.62. The van der Waals surface area contributed by atoms with Gasteiger partial charge in [0.2, 0.25) is 0 Å². The first kappa shape index (κ1) is 10.2. The minimum absolute atomic E-state index is 0.333. The molecule has 0 saturated heterocycles. The summed E-state index contributed by atoms with van der Waals surface area (Å²) in [5.74, 6) is 0.488. The molecule has 0 fully saturated rings. The van der Waals surface area contributed by atoms with Gasteiger partial charge < -0.3 is 4.74 Å². The standard InChI is InChI=1S/C11H9N3O2/c1-8(15)16-10-6-13-11(14-7-10)9-3-2-4-12-5-9/h2-7H,1H3. The van der Waals surface area contributed by atoms with Crippen molar-refractivity contribution in [3.63, 3.8) is 0 Å². The zero-order valence-electron chi connectivity index (χ0n) is 8.62. The predicted molar refractivity (Wildman–Crippen MR) is 56.6 cm³/mol. The van der Waals surface area contributed by atoms with Crippen LogP contribution in [-0.4, -0.2) is 20.9 Å². The van der Waals surface area contributed by atoms with Gasteiger partial charge in [0.25, 0.3) is 0 Å². The van der Waals surface area contributed by atoms with E-state index >= 15 is 0 Å². The molecule has 16 heavy (non-hydrogen) atoms. The molecule has 80 valence electrons. The van der Waals surface area contributed by atoms with E-state index in [-0.39, 0.29) is 0 Å². The summed E-state index contributed by atoms with van der Waals surface area (Å²) in [5, 5.41) is 0. The molecule has 2 aromatic heterocycles. The van der Waals surface area contributed by atoms with Crippen molar-refractivity contribution in [3.05, 3.63) is 36.9 Å². The van der Waals surface area contributed by atoms with Crippen LogP contribution in [0.1, 0.15) is 6.92 Å². The van der Waals surface area contributed by atoms with Crippen LogP contribution in [0.15, 0.2) is 36.9 Å². The van der Waals surface area contributed by atoms with Gasteiger partial charge in [0, 0.05) is 24.9 Å². The Morgan fingerprint density at radius 3 is 2.56 bits per heavy atom. The van der Waals surface area contributed by atoms with Crippen molar-refractivity contribution in [3.8, 4) is 17.1 Å². The summed E-state index contributed by atoms with van der Waals surface area (Å²) in [6.45, 7) is 1.33. The lowest BCUT2D eigenvalue weighted by atomic mass is 10.3. The summed E-state index contributed by atoms with van der Waals surface area (Å²) in [5.41, 5.74) is 0.817. The first-order valence-corrected chi connectivity index (χ1v) is 4.66. The minimum Gasteiger partial charge on any atom is -0.423 e. The molecule has 2 rings (SSSR count). The third kappa shape index (κ3) is 2.38. The van der Waals surface area contributed by atoms with E-state index in [9.17, 15) is 4.79 Å². The fourth-order valence-electron chi connectivity index (χ4n) is 1.18. The van der Waals surface area contributed by atoms with Gasteiger partial charge in [-0.2, -0.15) is 0 Å². The Balaban J connectivity index is 2.23. The Labute approximate surface area is 92.2 Å². The van der Waals surface area contributed by atoms with Crippen molar-refractivity contribution in [2.45, 2.75) is 6.92 Å². The molecule has 2 heterocycles. The molecule has 0 radical (unpaired) electrons.